The first kappa shape index (κ1) is 29.1. The maximum atomic E-state index is 13.7. The Hall–Kier alpha value is -2.94. The number of piperidine rings is 1. The molecule has 1 aliphatic heterocycles. The van der Waals surface area contributed by atoms with Crippen LogP contribution in [0.2, 0.25) is 0 Å². The summed E-state index contributed by atoms with van der Waals surface area (Å²) >= 11 is 2.67. The van der Waals surface area contributed by atoms with Crippen molar-refractivity contribution < 1.29 is 31.1 Å². The largest absolute Gasteiger partial charge is 0.490 e. The van der Waals surface area contributed by atoms with E-state index in [0.29, 0.717) is 47.4 Å². The Morgan fingerprint density at radius 1 is 1.17 bits per heavy atom. The molecule has 6 rings (SSSR count). The number of nitrogens with one attached hydrogen (secondary N) is 1. The summed E-state index contributed by atoms with van der Waals surface area (Å²) in [7, 11) is -3.73. The maximum absolute atomic E-state index is 13.7. The van der Waals surface area contributed by atoms with Crippen LogP contribution in [0.25, 0.3) is 21.6 Å². The highest BCUT2D eigenvalue weighted by molar-refractivity contribution is 7.94. The Balaban J connectivity index is 1.23. The van der Waals surface area contributed by atoms with Crippen molar-refractivity contribution >= 4 is 55.3 Å². The minimum atomic E-state index is -5.01. The number of H-pyrrole nitrogens is 1. The average Bonchev–Trinajstić information content (AvgIpc) is 3.34. The van der Waals surface area contributed by atoms with Gasteiger partial charge in [0.1, 0.15) is 15.8 Å². The first-order valence-corrected chi connectivity index (χ1v) is 16.8. The van der Waals surface area contributed by atoms with Gasteiger partial charge in [0, 0.05) is 35.6 Å². The molecule has 4 aromatic rings. The molecule has 1 aromatic carbocycles. The molecule has 0 bridgehead atoms. The number of ether oxygens (including phenoxy) is 1. The molecule has 4 heterocycles. The number of anilines is 1. The summed E-state index contributed by atoms with van der Waals surface area (Å²) in [6.45, 7) is 1.28. The average molecular weight is 639 g/mol. The van der Waals surface area contributed by atoms with Gasteiger partial charge in [0.15, 0.2) is 0 Å². The lowest BCUT2D eigenvalue weighted by atomic mass is 10.0. The quantitative estimate of drug-likeness (QED) is 0.202. The minimum absolute atomic E-state index is 0.297. The zero-order valence-corrected chi connectivity index (χ0v) is 24.9. The number of carbonyl (C=O) groups is 1. The second-order valence-corrected chi connectivity index (χ2v) is 14.8. The van der Waals surface area contributed by atoms with E-state index in [9.17, 15) is 26.4 Å². The Kier molecular flexibility index (Phi) is 8.07. The summed E-state index contributed by atoms with van der Waals surface area (Å²) in [4.78, 5) is 22.2. The number of carbonyl (C=O) groups excluding carboxylic acids is 1. The maximum Gasteiger partial charge on any atom is 0.490 e. The van der Waals surface area contributed by atoms with E-state index in [1.165, 1.54) is 27.0 Å². The van der Waals surface area contributed by atoms with E-state index in [-0.39, 0.29) is 12.6 Å². The lowest BCUT2D eigenvalue weighted by Gasteiger charge is -2.34. The van der Waals surface area contributed by atoms with Gasteiger partial charge in [0.2, 0.25) is 0 Å². The van der Waals surface area contributed by atoms with E-state index < -0.39 is 22.2 Å². The van der Waals surface area contributed by atoms with E-state index >= 15 is 0 Å². The fourth-order valence-corrected chi connectivity index (χ4v) is 8.83. The monoisotopic (exact) mass is 638 g/mol. The molecule has 0 spiro atoms. The van der Waals surface area contributed by atoms with Crippen LogP contribution in [0.5, 0.6) is 0 Å². The minimum Gasteiger partial charge on any atom is -0.457 e. The van der Waals surface area contributed by atoms with Crippen LogP contribution in [0.3, 0.4) is 0 Å². The molecule has 0 amide bonds. The predicted molar refractivity (Wildman–Crippen MR) is 156 cm³/mol. The zero-order valence-electron chi connectivity index (χ0n) is 22.5. The number of sulfonamides is 1. The van der Waals surface area contributed by atoms with Crippen molar-refractivity contribution in [3.63, 3.8) is 0 Å². The van der Waals surface area contributed by atoms with Crippen molar-refractivity contribution in [3.8, 4) is 10.7 Å². The van der Waals surface area contributed by atoms with Crippen LogP contribution in [0.4, 0.5) is 18.9 Å². The van der Waals surface area contributed by atoms with Gasteiger partial charge in [-0.05, 0) is 61.7 Å². The van der Waals surface area contributed by atoms with Gasteiger partial charge in [-0.1, -0.05) is 24.6 Å². The van der Waals surface area contributed by atoms with E-state index in [1.807, 2.05) is 29.2 Å². The summed E-state index contributed by atoms with van der Waals surface area (Å²) in [5.74, 6) is -1.83. The molecule has 1 saturated carbocycles. The molecule has 1 atom stereocenters. The van der Waals surface area contributed by atoms with Gasteiger partial charge < -0.3 is 9.72 Å². The molecule has 2 fully saturated rings. The number of para-hydroxylation sites is 1. The lowest BCUT2D eigenvalue weighted by Crippen LogP contribution is -2.43. The highest BCUT2D eigenvalue weighted by atomic mass is 32.2. The Morgan fingerprint density at radius 2 is 2.00 bits per heavy atom. The number of hydrogen-bond donors (Lipinski definition) is 1. The van der Waals surface area contributed by atoms with Gasteiger partial charge >= 0.3 is 12.1 Å². The normalized spacial score (nSPS) is 18.4. The summed E-state index contributed by atoms with van der Waals surface area (Å²) in [6, 6.07) is 10.6. The second-order valence-electron chi connectivity index (χ2n) is 10.7. The molecule has 224 valence electrons. The molecule has 3 aromatic heterocycles. The first-order valence-electron chi connectivity index (χ1n) is 13.7. The van der Waals surface area contributed by atoms with Crippen molar-refractivity contribution in [3.05, 3.63) is 52.9 Å². The van der Waals surface area contributed by atoms with Crippen molar-refractivity contribution in [1.82, 2.24) is 14.9 Å². The molecule has 8 nitrogen and oxygen atoms in total. The van der Waals surface area contributed by atoms with E-state index in [1.54, 1.807) is 23.7 Å². The number of halogens is 3. The third-order valence-electron chi connectivity index (χ3n) is 7.59. The fraction of sp³-hybridized carbons (Fsp3) is 0.429. The molecule has 42 heavy (non-hydrogen) atoms. The van der Waals surface area contributed by atoms with Crippen LogP contribution in [0.1, 0.15) is 37.0 Å². The number of thiophene rings is 1. The summed E-state index contributed by atoms with van der Waals surface area (Å²) in [5.41, 5.74) is 2.07. The molecular weight excluding hydrogens is 610 g/mol. The van der Waals surface area contributed by atoms with E-state index in [2.05, 4.69) is 14.7 Å². The van der Waals surface area contributed by atoms with E-state index in [4.69, 9.17) is 0 Å². The fourth-order valence-electron chi connectivity index (χ4n) is 5.26. The van der Waals surface area contributed by atoms with Crippen molar-refractivity contribution in [2.75, 3.05) is 24.0 Å². The summed E-state index contributed by atoms with van der Waals surface area (Å²) in [6.07, 6.45) is 1.17. The van der Waals surface area contributed by atoms with Crippen LogP contribution in [-0.2, 0) is 26.1 Å². The zero-order chi connectivity index (χ0) is 29.5. The van der Waals surface area contributed by atoms with Gasteiger partial charge in [0.05, 0.1) is 16.9 Å². The number of aromatic nitrogens is 2. The number of benzene rings is 1. The molecule has 1 unspecified atom stereocenters. The van der Waals surface area contributed by atoms with Crippen LogP contribution < -0.4 is 4.31 Å². The molecular formula is C28H29F3N4O4S3. The lowest BCUT2D eigenvalue weighted by molar-refractivity contribution is -0.201. The number of esters is 1. The van der Waals surface area contributed by atoms with Gasteiger partial charge in [-0.3, -0.25) is 9.21 Å². The highest BCUT2D eigenvalue weighted by Gasteiger charge is 2.41. The number of fused-ring (bicyclic) bond motifs is 1. The van der Waals surface area contributed by atoms with Gasteiger partial charge in [0.25, 0.3) is 10.0 Å². The molecule has 2 aliphatic rings. The molecule has 0 radical (unpaired) electrons. The SMILES string of the molecule is O=C(OCC1CCCCN1Cc1cnc(-c2cc3cccc(N(CC4CC4)S(=O)(=O)c4cccs4)c3[nH]2)s1)C(F)(F)F. The van der Waals surface area contributed by atoms with Crippen LogP contribution in [0.15, 0.2) is 52.2 Å². The summed E-state index contributed by atoms with van der Waals surface area (Å²) < 4.78 is 71.5. The van der Waals surface area contributed by atoms with E-state index in [0.717, 1.165) is 46.6 Å². The predicted octanol–water partition coefficient (Wildman–Crippen LogP) is 6.42. The number of aromatic amines is 1. The van der Waals surface area contributed by atoms with Crippen LogP contribution in [0, 0.1) is 5.92 Å². The second kappa shape index (κ2) is 11.6. The molecule has 1 aliphatic carbocycles. The highest BCUT2D eigenvalue weighted by Crippen LogP contribution is 2.39. The van der Waals surface area contributed by atoms with Gasteiger partial charge in [-0.2, -0.15) is 13.2 Å². The number of rotatable bonds is 10. The Bertz CT molecular complexity index is 1660. The number of thiazole rings is 1. The third kappa shape index (κ3) is 6.21. The van der Waals surface area contributed by atoms with Crippen LogP contribution in [-0.4, -0.2) is 61.2 Å². The first-order chi connectivity index (χ1) is 20.1. The number of likely N-dealkylation sites (tertiary alicyclic amines) is 1. The van der Waals surface area contributed by atoms with Gasteiger partial charge in [-0.15, -0.1) is 22.7 Å². The molecule has 14 heteroatoms. The van der Waals surface area contributed by atoms with Crippen molar-refractivity contribution in [2.45, 2.75) is 55.1 Å². The standard InChI is InChI=1S/C28H29F3N4O4S3/c29-28(30,31)27(36)39-17-20-6-1-2-11-34(20)16-21-14-32-26(41-21)22-13-19-5-3-7-23(25(19)33-22)35(15-18-9-10-18)42(37,38)24-8-4-12-40-24/h3-5,7-8,12-14,18,20,33H,1-2,6,9-11,15-17H2. The van der Waals surface area contributed by atoms with Crippen molar-refractivity contribution in [1.29, 1.82) is 0 Å². The topological polar surface area (TPSA) is 95.6 Å². The van der Waals surface area contributed by atoms with Crippen molar-refractivity contribution in [2.24, 2.45) is 5.92 Å². The smallest absolute Gasteiger partial charge is 0.457 e. The third-order valence-corrected chi connectivity index (χ3v) is 11.8. The van der Waals surface area contributed by atoms with Gasteiger partial charge in [-0.25, -0.2) is 18.2 Å². The number of nitrogens with zero attached hydrogens (tertiary/aromatic N) is 3. The Labute approximate surface area is 249 Å². The molecule has 1 N–H and O–H groups in total. The number of alkyl halides is 3. The van der Waals surface area contributed by atoms with Crippen LogP contribution >= 0.6 is 22.7 Å². The number of hydrogen-bond acceptors (Lipinski definition) is 8. The Morgan fingerprint density at radius 3 is 2.74 bits per heavy atom. The molecule has 1 saturated heterocycles. The summed E-state index contributed by atoms with van der Waals surface area (Å²) in [5, 5.41) is 3.35.